The zero-order chi connectivity index (χ0) is 16.4. The Balaban J connectivity index is 1.64. The Morgan fingerprint density at radius 1 is 1.26 bits per heavy atom. The zero-order valence-electron chi connectivity index (χ0n) is 14.2. The molecule has 0 bridgehead atoms. The number of methoxy groups -OCH3 is 2. The normalized spacial score (nSPS) is 18.6. The first-order valence-electron chi connectivity index (χ1n) is 8.40. The average molecular weight is 318 g/mol. The highest BCUT2D eigenvalue weighted by atomic mass is 16.5. The summed E-state index contributed by atoms with van der Waals surface area (Å²) in [6.07, 6.45) is 5.04. The molecule has 2 aliphatic carbocycles. The fourth-order valence-electron chi connectivity index (χ4n) is 3.12. The van der Waals surface area contributed by atoms with E-state index in [-0.39, 0.29) is 5.91 Å². The first-order chi connectivity index (χ1) is 11.1. The molecule has 126 valence electrons. The van der Waals surface area contributed by atoms with Gasteiger partial charge >= 0.3 is 0 Å². The lowest BCUT2D eigenvalue weighted by Crippen LogP contribution is -2.42. The van der Waals surface area contributed by atoms with Gasteiger partial charge in [-0.05, 0) is 50.7 Å². The topological polar surface area (TPSA) is 50.8 Å². The van der Waals surface area contributed by atoms with Crippen molar-refractivity contribution in [1.29, 1.82) is 0 Å². The van der Waals surface area contributed by atoms with E-state index < -0.39 is 0 Å². The number of amides is 1. The lowest BCUT2D eigenvalue weighted by Gasteiger charge is -2.28. The number of nitrogens with one attached hydrogen (secondary N) is 1. The van der Waals surface area contributed by atoms with Gasteiger partial charge in [0.2, 0.25) is 5.91 Å². The lowest BCUT2D eigenvalue weighted by atomic mass is 10.1. The molecule has 2 fully saturated rings. The molecule has 0 spiro atoms. The van der Waals surface area contributed by atoms with Gasteiger partial charge in [-0.3, -0.25) is 9.69 Å². The third-order valence-electron chi connectivity index (χ3n) is 4.85. The zero-order valence-corrected chi connectivity index (χ0v) is 14.2. The lowest BCUT2D eigenvalue weighted by molar-refractivity contribution is -0.118. The molecule has 5 heteroatoms. The van der Waals surface area contributed by atoms with Crippen molar-refractivity contribution < 1.29 is 14.3 Å². The number of ether oxygens (including phenoxy) is 2. The standard InChI is InChI=1S/C18H26N2O3/c1-12(13-4-5-13)20(14-6-7-14)11-18(21)19-16-9-8-15(22-2)10-17(16)23-3/h8-10,12-14H,4-7,11H2,1-3H3,(H,19,21). The first-order valence-corrected chi connectivity index (χ1v) is 8.40. The number of carbonyl (C=O) groups is 1. The molecule has 5 nitrogen and oxygen atoms in total. The molecular formula is C18H26N2O3. The van der Waals surface area contributed by atoms with Crippen molar-refractivity contribution in [3.05, 3.63) is 18.2 Å². The van der Waals surface area contributed by atoms with Crippen LogP contribution in [-0.4, -0.2) is 43.7 Å². The van der Waals surface area contributed by atoms with E-state index in [2.05, 4.69) is 17.1 Å². The molecule has 1 N–H and O–H groups in total. The monoisotopic (exact) mass is 318 g/mol. The number of carbonyl (C=O) groups excluding carboxylic acids is 1. The molecule has 2 aliphatic rings. The van der Waals surface area contributed by atoms with Gasteiger partial charge in [0.25, 0.3) is 0 Å². The summed E-state index contributed by atoms with van der Waals surface area (Å²) in [6.45, 7) is 2.72. The highest BCUT2D eigenvalue weighted by molar-refractivity contribution is 5.93. The summed E-state index contributed by atoms with van der Waals surface area (Å²) >= 11 is 0. The third kappa shape index (κ3) is 3.96. The second-order valence-electron chi connectivity index (χ2n) is 6.60. The highest BCUT2D eigenvalue weighted by Crippen LogP contribution is 2.39. The highest BCUT2D eigenvalue weighted by Gasteiger charge is 2.39. The Labute approximate surface area is 137 Å². The number of hydrogen-bond donors (Lipinski definition) is 1. The van der Waals surface area contributed by atoms with Crippen LogP contribution in [0.25, 0.3) is 0 Å². The van der Waals surface area contributed by atoms with E-state index in [1.54, 1.807) is 20.3 Å². The fourth-order valence-corrected chi connectivity index (χ4v) is 3.12. The van der Waals surface area contributed by atoms with Crippen LogP contribution < -0.4 is 14.8 Å². The van der Waals surface area contributed by atoms with E-state index in [1.165, 1.54) is 25.7 Å². The Bertz CT molecular complexity index is 567. The molecule has 0 aliphatic heterocycles. The van der Waals surface area contributed by atoms with Crippen LogP contribution in [0.15, 0.2) is 18.2 Å². The Morgan fingerprint density at radius 3 is 2.57 bits per heavy atom. The van der Waals surface area contributed by atoms with Crippen molar-refractivity contribution in [3.63, 3.8) is 0 Å². The smallest absolute Gasteiger partial charge is 0.238 e. The van der Waals surface area contributed by atoms with Crippen LogP contribution in [0.1, 0.15) is 32.6 Å². The van der Waals surface area contributed by atoms with Crippen molar-refractivity contribution in [2.45, 2.75) is 44.7 Å². The predicted molar refractivity (Wildman–Crippen MR) is 90.1 cm³/mol. The average Bonchev–Trinajstić information content (AvgIpc) is 3.44. The van der Waals surface area contributed by atoms with E-state index in [0.29, 0.717) is 35.8 Å². The number of rotatable bonds is 8. The van der Waals surface area contributed by atoms with E-state index >= 15 is 0 Å². The fraction of sp³-hybridized carbons (Fsp3) is 0.611. The van der Waals surface area contributed by atoms with Gasteiger partial charge in [0.1, 0.15) is 11.5 Å². The van der Waals surface area contributed by atoms with E-state index in [0.717, 1.165) is 5.92 Å². The van der Waals surface area contributed by atoms with Crippen LogP contribution in [0.5, 0.6) is 11.5 Å². The maximum atomic E-state index is 12.5. The molecule has 1 aromatic carbocycles. The molecule has 0 radical (unpaired) electrons. The molecular weight excluding hydrogens is 292 g/mol. The van der Waals surface area contributed by atoms with E-state index in [4.69, 9.17) is 9.47 Å². The number of benzene rings is 1. The number of hydrogen-bond acceptors (Lipinski definition) is 4. The molecule has 2 saturated carbocycles. The predicted octanol–water partition coefficient (Wildman–Crippen LogP) is 2.91. The molecule has 1 atom stereocenters. The minimum Gasteiger partial charge on any atom is -0.497 e. The van der Waals surface area contributed by atoms with Crippen LogP contribution in [0, 0.1) is 5.92 Å². The first kappa shape index (κ1) is 16.1. The summed E-state index contributed by atoms with van der Waals surface area (Å²) in [5.41, 5.74) is 0.688. The van der Waals surface area contributed by atoms with Crippen molar-refractivity contribution in [3.8, 4) is 11.5 Å². The van der Waals surface area contributed by atoms with Gasteiger partial charge in [0, 0.05) is 18.2 Å². The second kappa shape index (κ2) is 6.79. The van der Waals surface area contributed by atoms with Crippen LogP contribution in [-0.2, 0) is 4.79 Å². The Hall–Kier alpha value is -1.75. The van der Waals surface area contributed by atoms with Crippen LogP contribution in [0.3, 0.4) is 0 Å². The van der Waals surface area contributed by atoms with Crippen molar-refractivity contribution in [2.24, 2.45) is 5.92 Å². The third-order valence-corrected chi connectivity index (χ3v) is 4.85. The van der Waals surface area contributed by atoms with Gasteiger partial charge < -0.3 is 14.8 Å². The summed E-state index contributed by atoms with van der Waals surface area (Å²) in [7, 11) is 3.20. The minimum atomic E-state index is 0.0212. The van der Waals surface area contributed by atoms with Gasteiger partial charge in [0.15, 0.2) is 0 Å². The van der Waals surface area contributed by atoms with Gasteiger partial charge in [-0.2, -0.15) is 0 Å². The maximum absolute atomic E-state index is 12.5. The quantitative estimate of drug-likeness (QED) is 0.801. The molecule has 3 rings (SSSR count). The second-order valence-corrected chi connectivity index (χ2v) is 6.60. The molecule has 1 aromatic rings. The molecule has 0 aromatic heterocycles. The van der Waals surface area contributed by atoms with Gasteiger partial charge in [-0.1, -0.05) is 0 Å². The van der Waals surface area contributed by atoms with Gasteiger partial charge in [0.05, 0.1) is 26.5 Å². The summed E-state index contributed by atoms with van der Waals surface area (Å²) in [5.74, 6) is 2.12. The van der Waals surface area contributed by atoms with Crippen molar-refractivity contribution in [2.75, 3.05) is 26.1 Å². The van der Waals surface area contributed by atoms with E-state index in [9.17, 15) is 4.79 Å². The van der Waals surface area contributed by atoms with Crippen LogP contribution >= 0.6 is 0 Å². The summed E-state index contributed by atoms with van der Waals surface area (Å²) in [5, 5.41) is 2.98. The molecule has 23 heavy (non-hydrogen) atoms. The van der Waals surface area contributed by atoms with Gasteiger partial charge in [-0.25, -0.2) is 0 Å². The van der Waals surface area contributed by atoms with Crippen LogP contribution in [0.4, 0.5) is 5.69 Å². The van der Waals surface area contributed by atoms with E-state index in [1.807, 2.05) is 12.1 Å². The molecule has 1 unspecified atom stereocenters. The molecule has 0 heterocycles. The SMILES string of the molecule is COc1ccc(NC(=O)CN(C2CC2)C(C)C2CC2)c(OC)c1. The Kier molecular flexibility index (Phi) is 4.76. The maximum Gasteiger partial charge on any atom is 0.238 e. The minimum absolute atomic E-state index is 0.0212. The van der Waals surface area contributed by atoms with Crippen molar-refractivity contribution in [1.82, 2.24) is 4.90 Å². The largest absolute Gasteiger partial charge is 0.497 e. The molecule has 0 saturated heterocycles. The van der Waals surface area contributed by atoms with Crippen molar-refractivity contribution >= 4 is 11.6 Å². The van der Waals surface area contributed by atoms with Crippen LogP contribution in [0.2, 0.25) is 0 Å². The summed E-state index contributed by atoms with van der Waals surface area (Å²) < 4.78 is 10.5. The summed E-state index contributed by atoms with van der Waals surface area (Å²) in [4.78, 5) is 14.9. The molecule has 1 amide bonds. The van der Waals surface area contributed by atoms with Gasteiger partial charge in [-0.15, -0.1) is 0 Å². The number of anilines is 1. The Morgan fingerprint density at radius 2 is 2.00 bits per heavy atom. The summed E-state index contributed by atoms with van der Waals surface area (Å²) in [6, 6.07) is 6.52. The number of nitrogens with zero attached hydrogens (tertiary/aromatic N) is 1.